The van der Waals surface area contributed by atoms with E-state index in [2.05, 4.69) is 5.32 Å². The van der Waals surface area contributed by atoms with Gasteiger partial charge in [-0.05, 0) is 42.8 Å². The number of nitrogens with zero attached hydrogens (tertiary/aromatic N) is 1. The van der Waals surface area contributed by atoms with Gasteiger partial charge in [0.1, 0.15) is 10.6 Å². The van der Waals surface area contributed by atoms with E-state index in [-0.39, 0.29) is 16.6 Å². The highest BCUT2D eigenvalue weighted by Gasteiger charge is 2.22. The molecule has 0 aliphatic heterocycles. The van der Waals surface area contributed by atoms with Gasteiger partial charge in [-0.15, -0.1) is 0 Å². The molecule has 0 bridgehead atoms. The van der Waals surface area contributed by atoms with Crippen molar-refractivity contribution in [1.82, 2.24) is 4.31 Å². The summed E-state index contributed by atoms with van der Waals surface area (Å²) >= 11 is 0. The van der Waals surface area contributed by atoms with Crippen LogP contribution in [0.4, 0.5) is 5.69 Å². The molecule has 0 heterocycles. The number of sulfonamides is 1. The lowest BCUT2D eigenvalue weighted by atomic mass is 10.2. The minimum atomic E-state index is -3.66. The highest BCUT2D eigenvalue weighted by atomic mass is 32.2. The van der Waals surface area contributed by atoms with Gasteiger partial charge < -0.3 is 10.1 Å². The summed E-state index contributed by atoms with van der Waals surface area (Å²) in [5, 5.41) is 2.75. The number of carbonyl (C=O) groups is 1. The number of nitrogens with one attached hydrogen (secondary N) is 1. The van der Waals surface area contributed by atoms with Crippen molar-refractivity contribution in [3.63, 3.8) is 0 Å². The number of hydrogen-bond donors (Lipinski definition) is 1. The van der Waals surface area contributed by atoms with Crippen LogP contribution in [0.3, 0.4) is 0 Å². The molecule has 2 aromatic carbocycles. The Hall–Kier alpha value is -2.64. The lowest BCUT2D eigenvalue weighted by Crippen LogP contribution is -2.22. The molecular weight excluding hydrogens is 352 g/mol. The van der Waals surface area contributed by atoms with Gasteiger partial charge in [0.2, 0.25) is 15.9 Å². The maximum Gasteiger partial charge on any atom is 0.248 e. The number of methoxy groups -OCH3 is 1. The van der Waals surface area contributed by atoms with E-state index in [0.717, 1.165) is 9.87 Å². The Labute approximate surface area is 154 Å². The standard InChI is InChI=1S/C19H22N2O4S/c1-14-5-9-16(10-6-14)20-19(22)12-8-15-7-11-17(25-4)18(13-15)26(23,24)21(2)3/h5-13H,1-4H3,(H,20,22)/b12-8+. The Morgan fingerprint density at radius 1 is 1.12 bits per heavy atom. The van der Waals surface area contributed by atoms with Crippen molar-refractivity contribution in [2.75, 3.05) is 26.5 Å². The van der Waals surface area contributed by atoms with E-state index in [9.17, 15) is 13.2 Å². The van der Waals surface area contributed by atoms with Crippen LogP contribution in [0.15, 0.2) is 53.4 Å². The molecule has 138 valence electrons. The molecule has 0 fully saturated rings. The maximum atomic E-state index is 12.4. The van der Waals surface area contributed by atoms with E-state index in [1.807, 2.05) is 31.2 Å². The first-order chi connectivity index (χ1) is 12.2. The molecule has 0 radical (unpaired) electrons. The first-order valence-corrected chi connectivity index (χ1v) is 9.34. The predicted octanol–water partition coefficient (Wildman–Crippen LogP) is 2.91. The fraction of sp³-hybridized carbons (Fsp3) is 0.211. The Balaban J connectivity index is 2.22. The summed E-state index contributed by atoms with van der Waals surface area (Å²) in [7, 11) is 0.653. The third kappa shape index (κ3) is 4.71. The summed E-state index contributed by atoms with van der Waals surface area (Å²) in [6.07, 6.45) is 2.91. The number of ether oxygens (including phenoxy) is 1. The van der Waals surface area contributed by atoms with Gasteiger partial charge in [0, 0.05) is 25.9 Å². The van der Waals surface area contributed by atoms with Crippen LogP contribution in [-0.2, 0) is 14.8 Å². The molecule has 6 nitrogen and oxygen atoms in total. The van der Waals surface area contributed by atoms with Gasteiger partial charge in [0.05, 0.1) is 7.11 Å². The van der Waals surface area contributed by atoms with Crippen LogP contribution in [0, 0.1) is 6.92 Å². The van der Waals surface area contributed by atoms with Crippen LogP contribution in [-0.4, -0.2) is 39.8 Å². The molecule has 1 amide bonds. The molecule has 0 saturated heterocycles. The minimum Gasteiger partial charge on any atom is -0.495 e. The second-order valence-corrected chi connectivity index (χ2v) is 8.01. The number of rotatable bonds is 6. The van der Waals surface area contributed by atoms with E-state index in [1.54, 1.807) is 18.2 Å². The molecule has 2 rings (SSSR count). The smallest absolute Gasteiger partial charge is 0.248 e. The normalized spacial score (nSPS) is 11.7. The van der Waals surface area contributed by atoms with Crippen LogP contribution in [0.1, 0.15) is 11.1 Å². The minimum absolute atomic E-state index is 0.0473. The second kappa shape index (κ2) is 8.16. The van der Waals surface area contributed by atoms with Crippen molar-refractivity contribution in [2.45, 2.75) is 11.8 Å². The van der Waals surface area contributed by atoms with E-state index in [4.69, 9.17) is 4.74 Å². The van der Waals surface area contributed by atoms with Crippen LogP contribution in [0.2, 0.25) is 0 Å². The van der Waals surface area contributed by atoms with Crippen molar-refractivity contribution >= 4 is 27.7 Å². The van der Waals surface area contributed by atoms with E-state index >= 15 is 0 Å². The van der Waals surface area contributed by atoms with Crippen LogP contribution < -0.4 is 10.1 Å². The van der Waals surface area contributed by atoms with Gasteiger partial charge in [-0.1, -0.05) is 23.8 Å². The predicted molar refractivity (Wildman–Crippen MR) is 103 cm³/mol. The summed E-state index contributed by atoms with van der Waals surface area (Å²) in [6, 6.07) is 12.2. The van der Waals surface area contributed by atoms with Crippen molar-refractivity contribution in [2.24, 2.45) is 0 Å². The van der Waals surface area contributed by atoms with Crippen LogP contribution >= 0.6 is 0 Å². The third-order valence-corrected chi connectivity index (χ3v) is 5.53. The van der Waals surface area contributed by atoms with E-state index < -0.39 is 10.0 Å². The molecule has 0 aromatic heterocycles. The number of aryl methyl sites for hydroxylation is 1. The lowest BCUT2D eigenvalue weighted by Gasteiger charge is -2.15. The Kier molecular flexibility index (Phi) is 6.18. The zero-order valence-corrected chi connectivity index (χ0v) is 16.0. The van der Waals surface area contributed by atoms with Crippen LogP contribution in [0.5, 0.6) is 5.75 Å². The van der Waals surface area contributed by atoms with Gasteiger partial charge in [-0.25, -0.2) is 12.7 Å². The molecular formula is C19H22N2O4S. The number of benzene rings is 2. The number of anilines is 1. The quantitative estimate of drug-likeness (QED) is 0.789. The Morgan fingerprint density at radius 3 is 2.35 bits per heavy atom. The first kappa shape index (κ1) is 19.7. The molecule has 1 N–H and O–H groups in total. The molecule has 0 saturated carbocycles. The van der Waals surface area contributed by atoms with E-state index in [1.165, 1.54) is 33.3 Å². The molecule has 0 atom stereocenters. The molecule has 0 unspecified atom stereocenters. The Morgan fingerprint density at radius 2 is 1.77 bits per heavy atom. The van der Waals surface area contributed by atoms with Crippen molar-refractivity contribution in [3.8, 4) is 5.75 Å². The molecule has 26 heavy (non-hydrogen) atoms. The lowest BCUT2D eigenvalue weighted by molar-refractivity contribution is -0.111. The highest BCUT2D eigenvalue weighted by Crippen LogP contribution is 2.27. The summed E-state index contributed by atoms with van der Waals surface area (Å²) in [5.41, 5.74) is 2.37. The maximum absolute atomic E-state index is 12.4. The zero-order valence-electron chi connectivity index (χ0n) is 15.2. The van der Waals surface area contributed by atoms with Crippen molar-refractivity contribution in [3.05, 3.63) is 59.7 Å². The number of carbonyl (C=O) groups excluding carboxylic acids is 1. The highest BCUT2D eigenvalue weighted by molar-refractivity contribution is 7.89. The molecule has 7 heteroatoms. The summed E-state index contributed by atoms with van der Waals surface area (Å²) in [6.45, 7) is 1.97. The second-order valence-electron chi connectivity index (χ2n) is 5.89. The number of amides is 1. The van der Waals surface area contributed by atoms with Crippen molar-refractivity contribution < 1.29 is 17.9 Å². The number of hydrogen-bond acceptors (Lipinski definition) is 4. The van der Waals surface area contributed by atoms with Gasteiger partial charge in [0.15, 0.2) is 0 Å². The van der Waals surface area contributed by atoms with Crippen molar-refractivity contribution in [1.29, 1.82) is 0 Å². The SMILES string of the molecule is COc1ccc(/C=C/C(=O)Nc2ccc(C)cc2)cc1S(=O)(=O)N(C)C. The molecule has 0 aliphatic rings. The average molecular weight is 374 g/mol. The summed E-state index contributed by atoms with van der Waals surface area (Å²) in [4.78, 5) is 12.1. The molecule has 2 aromatic rings. The average Bonchev–Trinajstić information content (AvgIpc) is 2.61. The fourth-order valence-electron chi connectivity index (χ4n) is 2.19. The fourth-order valence-corrected chi connectivity index (χ4v) is 3.27. The van der Waals surface area contributed by atoms with Crippen LogP contribution in [0.25, 0.3) is 6.08 Å². The third-order valence-electron chi connectivity index (χ3n) is 3.69. The first-order valence-electron chi connectivity index (χ1n) is 7.90. The molecule has 0 spiro atoms. The van der Waals surface area contributed by atoms with Gasteiger partial charge in [-0.3, -0.25) is 4.79 Å². The summed E-state index contributed by atoms with van der Waals surface area (Å²) in [5.74, 6) is -0.0540. The topological polar surface area (TPSA) is 75.7 Å². The van der Waals surface area contributed by atoms with Gasteiger partial charge in [-0.2, -0.15) is 0 Å². The zero-order chi connectivity index (χ0) is 19.3. The molecule has 0 aliphatic carbocycles. The van der Waals surface area contributed by atoms with Gasteiger partial charge in [0.25, 0.3) is 0 Å². The summed E-state index contributed by atoms with van der Waals surface area (Å²) < 4.78 is 31.1. The van der Waals surface area contributed by atoms with E-state index in [0.29, 0.717) is 11.3 Å². The van der Waals surface area contributed by atoms with Gasteiger partial charge >= 0.3 is 0 Å². The largest absolute Gasteiger partial charge is 0.495 e. The Bertz CT molecular complexity index is 917. The monoisotopic (exact) mass is 374 g/mol.